The summed E-state index contributed by atoms with van der Waals surface area (Å²) in [6.07, 6.45) is 1.26. The van der Waals surface area contributed by atoms with Gasteiger partial charge in [-0.3, -0.25) is 4.90 Å². The summed E-state index contributed by atoms with van der Waals surface area (Å²) < 4.78 is 5.30. The number of halogens is 1. The highest BCUT2D eigenvalue weighted by molar-refractivity contribution is 6.31. The SMILES string of the molecule is COc1ccc(Cl)cc1NC(=O)N1CCN(C2CC(c3ccccc3)NN2)CC1. The molecular weight excluding hydrogens is 390 g/mol. The molecule has 4 rings (SSSR count). The van der Waals surface area contributed by atoms with Gasteiger partial charge in [0.25, 0.3) is 0 Å². The van der Waals surface area contributed by atoms with Crippen LogP contribution in [0.2, 0.25) is 5.02 Å². The predicted octanol–water partition coefficient (Wildman–Crippen LogP) is 3.06. The van der Waals surface area contributed by atoms with E-state index in [0.29, 0.717) is 35.6 Å². The fourth-order valence-electron chi connectivity index (χ4n) is 3.89. The summed E-state index contributed by atoms with van der Waals surface area (Å²) in [5.41, 5.74) is 8.67. The first kappa shape index (κ1) is 20.0. The molecule has 2 saturated heterocycles. The summed E-state index contributed by atoms with van der Waals surface area (Å²) in [5, 5.41) is 3.47. The normalized spacial score (nSPS) is 22.5. The van der Waals surface area contributed by atoms with Gasteiger partial charge in [-0.05, 0) is 30.2 Å². The summed E-state index contributed by atoms with van der Waals surface area (Å²) in [6.45, 7) is 2.98. The van der Waals surface area contributed by atoms with Crippen LogP contribution in [0.3, 0.4) is 0 Å². The van der Waals surface area contributed by atoms with E-state index in [1.54, 1.807) is 25.3 Å². The van der Waals surface area contributed by atoms with Gasteiger partial charge < -0.3 is 15.0 Å². The van der Waals surface area contributed by atoms with E-state index in [0.717, 1.165) is 19.5 Å². The van der Waals surface area contributed by atoms with E-state index in [2.05, 4.69) is 45.3 Å². The number of hydrogen-bond donors (Lipinski definition) is 3. The minimum Gasteiger partial charge on any atom is -0.495 e. The number of piperazine rings is 1. The number of carbonyl (C=O) groups is 1. The Morgan fingerprint density at radius 2 is 1.86 bits per heavy atom. The molecule has 0 bridgehead atoms. The van der Waals surface area contributed by atoms with Crippen LogP contribution in [0, 0.1) is 0 Å². The lowest BCUT2D eigenvalue weighted by atomic mass is 10.0. The van der Waals surface area contributed by atoms with Gasteiger partial charge in [0, 0.05) is 37.2 Å². The summed E-state index contributed by atoms with van der Waals surface area (Å²) >= 11 is 6.05. The molecule has 7 nitrogen and oxygen atoms in total. The average Bonchev–Trinajstić information content (AvgIpc) is 3.25. The quantitative estimate of drug-likeness (QED) is 0.716. The average molecular weight is 416 g/mol. The number of anilines is 1. The third kappa shape index (κ3) is 4.64. The van der Waals surface area contributed by atoms with Crippen molar-refractivity contribution in [3.05, 3.63) is 59.1 Å². The minimum atomic E-state index is -0.134. The van der Waals surface area contributed by atoms with Crippen LogP contribution >= 0.6 is 11.6 Å². The predicted molar refractivity (Wildman–Crippen MR) is 114 cm³/mol. The van der Waals surface area contributed by atoms with Crippen LogP contribution < -0.4 is 20.9 Å². The first-order chi connectivity index (χ1) is 14.1. The smallest absolute Gasteiger partial charge is 0.322 e. The van der Waals surface area contributed by atoms with Crippen molar-refractivity contribution in [1.29, 1.82) is 0 Å². The Labute approximate surface area is 175 Å². The van der Waals surface area contributed by atoms with E-state index in [9.17, 15) is 4.79 Å². The Kier molecular flexibility index (Phi) is 6.20. The van der Waals surface area contributed by atoms with Crippen LogP contribution in [-0.2, 0) is 0 Å². The molecule has 8 heteroatoms. The molecule has 2 heterocycles. The maximum atomic E-state index is 12.7. The van der Waals surface area contributed by atoms with Crippen LogP contribution in [0.5, 0.6) is 5.75 Å². The van der Waals surface area contributed by atoms with E-state index in [-0.39, 0.29) is 12.2 Å². The number of hydrogen-bond acceptors (Lipinski definition) is 5. The second-order valence-corrected chi connectivity index (χ2v) is 7.74. The molecule has 0 radical (unpaired) electrons. The standard InChI is InChI=1S/C21H26ClN5O2/c1-29-19-8-7-16(22)13-18(19)23-21(28)27-11-9-26(10-12-27)20-14-17(24-25-20)15-5-3-2-4-6-15/h2-8,13,17,20,24-25H,9-12,14H2,1H3,(H,23,28). The molecule has 154 valence electrons. The van der Waals surface area contributed by atoms with Crippen molar-refractivity contribution in [3.63, 3.8) is 0 Å². The Hall–Kier alpha value is -2.32. The van der Waals surface area contributed by atoms with E-state index in [1.165, 1.54) is 5.56 Å². The first-order valence-electron chi connectivity index (χ1n) is 9.83. The fraction of sp³-hybridized carbons (Fsp3) is 0.381. The largest absolute Gasteiger partial charge is 0.495 e. The van der Waals surface area contributed by atoms with E-state index < -0.39 is 0 Å². The lowest BCUT2D eigenvalue weighted by Crippen LogP contribution is -2.55. The van der Waals surface area contributed by atoms with Crippen LogP contribution in [-0.4, -0.2) is 55.3 Å². The molecule has 2 unspecified atom stereocenters. The number of carbonyl (C=O) groups excluding carboxylic acids is 1. The fourth-order valence-corrected chi connectivity index (χ4v) is 4.06. The number of nitrogens with zero attached hydrogens (tertiary/aromatic N) is 2. The summed E-state index contributed by atoms with van der Waals surface area (Å²) in [6, 6.07) is 15.8. The maximum absolute atomic E-state index is 12.7. The van der Waals surface area contributed by atoms with Gasteiger partial charge in [0.05, 0.1) is 19.0 Å². The number of rotatable bonds is 4. The molecule has 2 aliphatic heterocycles. The maximum Gasteiger partial charge on any atom is 0.322 e. The molecule has 0 aromatic heterocycles. The molecule has 29 heavy (non-hydrogen) atoms. The molecule has 2 amide bonds. The molecule has 0 aliphatic carbocycles. The van der Waals surface area contributed by atoms with Gasteiger partial charge in [-0.15, -0.1) is 0 Å². The van der Waals surface area contributed by atoms with Gasteiger partial charge >= 0.3 is 6.03 Å². The zero-order chi connectivity index (χ0) is 20.2. The monoisotopic (exact) mass is 415 g/mol. The Bertz CT molecular complexity index is 842. The molecule has 2 atom stereocenters. The van der Waals surface area contributed by atoms with Gasteiger partial charge in [0.2, 0.25) is 0 Å². The van der Waals surface area contributed by atoms with Crippen molar-refractivity contribution < 1.29 is 9.53 Å². The number of nitrogens with one attached hydrogen (secondary N) is 3. The number of methoxy groups -OCH3 is 1. The second-order valence-electron chi connectivity index (χ2n) is 7.30. The summed E-state index contributed by atoms with van der Waals surface area (Å²) in [5.74, 6) is 0.592. The molecule has 2 aromatic rings. The van der Waals surface area contributed by atoms with Gasteiger partial charge in [0.1, 0.15) is 5.75 Å². The van der Waals surface area contributed by atoms with Gasteiger partial charge in [-0.2, -0.15) is 0 Å². The van der Waals surface area contributed by atoms with E-state index in [4.69, 9.17) is 16.3 Å². The molecule has 2 fully saturated rings. The molecule has 0 saturated carbocycles. The Morgan fingerprint density at radius 1 is 1.10 bits per heavy atom. The molecule has 3 N–H and O–H groups in total. The third-order valence-corrected chi connectivity index (χ3v) is 5.77. The van der Waals surface area contributed by atoms with Crippen molar-refractivity contribution in [2.75, 3.05) is 38.6 Å². The Morgan fingerprint density at radius 3 is 2.59 bits per heavy atom. The van der Waals surface area contributed by atoms with E-state index >= 15 is 0 Å². The zero-order valence-electron chi connectivity index (χ0n) is 16.4. The minimum absolute atomic E-state index is 0.134. The third-order valence-electron chi connectivity index (χ3n) is 5.53. The van der Waals surface area contributed by atoms with Crippen LogP contribution in [0.1, 0.15) is 18.0 Å². The van der Waals surface area contributed by atoms with Crippen molar-refractivity contribution in [1.82, 2.24) is 20.7 Å². The lowest BCUT2D eigenvalue weighted by Gasteiger charge is -2.37. The van der Waals surface area contributed by atoms with Crippen LogP contribution in [0.25, 0.3) is 0 Å². The second kappa shape index (κ2) is 9.00. The highest BCUT2D eigenvalue weighted by atomic mass is 35.5. The zero-order valence-corrected chi connectivity index (χ0v) is 17.2. The summed E-state index contributed by atoms with van der Waals surface area (Å²) in [4.78, 5) is 16.9. The number of hydrazine groups is 1. The van der Waals surface area contributed by atoms with Gasteiger partial charge in [0.15, 0.2) is 0 Å². The van der Waals surface area contributed by atoms with Gasteiger partial charge in [-0.1, -0.05) is 41.9 Å². The van der Waals surface area contributed by atoms with Crippen molar-refractivity contribution in [3.8, 4) is 5.75 Å². The molecule has 2 aromatic carbocycles. The Balaban J connectivity index is 1.30. The lowest BCUT2D eigenvalue weighted by molar-refractivity contribution is 0.103. The van der Waals surface area contributed by atoms with E-state index in [1.807, 2.05) is 11.0 Å². The van der Waals surface area contributed by atoms with Crippen LogP contribution in [0.4, 0.5) is 10.5 Å². The van der Waals surface area contributed by atoms with Crippen molar-refractivity contribution >= 4 is 23.3 Å². The van der Waals surface area contributed by atoms with Crippen molar-refractivity contribution in [2.45, 2.75) is 18.6 Å². The van der Waals surface area contributed by atoms with Crippen LogP contribution in [0.15, 0.2) is 48.5 Å². The highest BCUT2D eigenvalue weighted by Crippen LogP contribution is 2.28. The number of amides is 2. The first-order valence-corrected chi connectivity index (χ1v) is 10.2. The topological polar surface area (TPSA) is 68.9 Å². The number of urea groups is 1. The summed E-state index contributed by atoms with van der Waals surface area (Å²) in [7, 11) is 1.57. The van der Waals surface area contributed by atoms with Crippen molar-refractivity contribution in [2.24, 2.45) is 0 Å². The van der Waals surface area contributed by atoms with Gasteiger partial charge in [-0.25, -0.2) is 15.6 Å². The molecule has 0 spiro atoms. The number of benzene rings is 2. The highest BCUT2D eigenvalue weighted by Gasteiger charge is 2.32. The molecular formula is C21H26ClN5O2. The number of ether oxygens (including phenoxy) is 1. The molecule has 2 aliphatic rings.